The number of hydrogen-bond donors (Lipinski definition) is 1. The molecule has 0 heterocycles. The molecule has 3 heteroatoms. The van der Waals surface area contributed by atoms with Crippen LogP contribution in [-0.4, -0.2) is 11.1 Å². The molecule has 0 aliphatic carbocycles. The third kappa shape index (κ3) is 20.1. The molecule has 0 fully saturated rings. The van der Waals surface area contributed by atoms with Crippen molar-refractivity contribution in [3.8, 4) is 0 Å². The molecule has 1 N–H and O–H groups in total. The first kappa shape index (κ1) is 20.9. The number of carboxylic acid groups (broad SMARTS) is 1. The van der Waals surface area contributed by atoms with Crippen molar-refractivity contribution < 1.29 is 37.6 Å². The SMILES string of the molecule is CC(C)(C)CCCCCC(=O)O.[Hg].c1ccccc1. The van der Waals surface area contributed by atoms with Gasteiger partial charge in [0.15, 0.2) is 0 Å². The van der Waals surface area contributed by atoms with Crippen LogP contribution < -0.4 is 0 Å². The van der Waals surface area contributed by atoms with Gasteiger partial charge in [0.2, 0.25) is 0 Å². The normalized spacial score (nSPS) is 9.84. The van der Waals surface area contributed by atoms with E-state index in [0.29, 0.717) is 11.8 Å². The Labute approximate surface area is 138 Å². The van der Waals surface area contributed by atoms with Crippen molar-refractivity contribution in [3.05, 3.63) is 36.4 Å². The fourth-order valence-corrected chi connectivity index (χ4v) is 1.49. The van der Waals surface area contributed by atoms with Gasteiger partial charge in [-0.2, -0.15) is 0 Å². The Morgan fingerprint density at radius 1 is 0.895 bits per heavy atom. The Bertz CT molecular complexity index is 278. The van der Waals surface area contributed by atoms with Crippen LogP contribution in [0.4, 0.5) is 0 Å². The molecule has 0 atom stereocenters. The topological polar surface area (TPSA) is 37.3 Å². The Morgan fingerprint density at radius 3 is 1.63 bits per heavy atom. The smallest absolute Gasteiger partial charge is 0.303 e. The molecule has 0 radical (unpaired) electrons. The van der Waals surface area contributed by atoms with E-state index in [0.717, 1.165) is 19.3 Å². The quantitative estimate of drug-likeness (QED) is 0.519. The molecule has 0 aromatic heterocycles. The van der Waals surface area contributed by atoms with Crippen molar-refractivity contribution in [2.45, 2.75) is 52.9 Å². The minimum Gasteiger partial charge on any atom is -0.481 e. The van der Waals surface area contributed by atoms with Crippen LogP contribution >= 0.6 is 0 Å². The van der Waals surface area contributed by atoms with Gasteiger partial charge in [0.25, 0.3) is 0 Å². The number of aliphatic carboxylic acids is 1. The first-order valence-electron chi connectivity index (χ1n) is 6.63. The van der Waals surface area contributed by atoms with Gasteiger partial charge in [0.05, 0.1) is 0 Å². The molecular weight excluding hydrogens is 425 g/mol. The Kier molecular flexibility index (Phi) is 13.9. The van der Waals surface area contributed by atoms with Crippen molar-refractivity contribution in [2.75, 3.05) is 0 Å². The fourth-order valence-electron chi connectivity index (χ4n) is 1.49. The number of hydrogen-bond acceptors (Lipinski definition) is 1. The maximum Gasteiger partial charge on any atom is 0.303 e. The number of rotatable bonds is 5. The van der Waals surface area contributed by atoms with E-state index in [9.17, 15) is 4.79 Å². The number of carbonyl (C=O) groups is 1. The summed E-state index contributed by atoms with van der Waals surface area (Å²) < 4.78 is 0. The van der Waals surface area contributed by atoms with Gasteiger partial charge in [-0.05, 0) is 18.3 Å². The summed E-state index contributed by atoms with van der Waals surface area (Å²) in [5.41, 5.74) is 0.392. The van der Waals surface area contributed by atoms with Gasteiger partial charge in [0.1, 0.15) is 0 Å². The van der Waals surface area contributed by atoms with Gasteiger partial charge >= 0.3 is 5.97 Å². The van der Waals surface area contributed by atoms with Gasteiger partial charge in [-0.3, -0.25) is 4.79 Å². The predicted octanol–water partition coefficient (Wildman–Crippen LogP) is 4.75. The molecule has 0 unspecified atom stereocenters. The molecule has 1 rings (SSSR count). The summed E-state index contributed by atoms with van der Waals surface area (Å²) >= 11 is 0. The molecule has 19 heavy (non-hydrogen) atoms. The zero-order valence-corrected chi connectivity index (χ0v) is 18.1. The molecule has 0 spiro atoms. The van der Waals surface area contributed by atoms with Crippen LogP contribution in [0.5, 0.6) is 0 Å². The molecule has 0 bridgehead atoms. The van der Waals surface area contributed by atoms with E-state index in [1.165, 1.54) is 6.42 Å². The molecule has 0 aliphatic heterocycles. The third-order valence-electron chi connectivity index (χ3n) is 2.48. The second-order valence-electron chi connectivity index (χ2n) is 5.67. The predicted molar refractivity (Wildman–Crippen MR) is 76.6 cm³/mol. The molecule has 0 saturated heterocycles. The summed E-state index contributed by atoms with van der Waals surface area (Å²) in [6.07, 6.45) is 4.53. The third-order valence-corrected chi connectivity index (χ3v) is 2.48. The zero-order chi connectivity index (χ0) is 13.9. The largest absolute Gasteiger partial charge is 0.481 e. The van der Waals surface area contributed by atoms with Crippen LogP contribution in [0.3, 0.4) is 0 Å². The van der Waals surface area contributed by atoms with Crippen molar-refractivity contribution in [1.29, 1.82) is 0 Å². The summed E-state index contributed by atoms with van der Waals surface area (Å²) in [6, 6.07) is 12.0. The van der Waals surface area contributed by atoms with E-state index in [1.54, 1.807) is 0 Å². The summed E-state index contributed by atoms with van der Waals surface area (Å²) in [5, 5.41) is 8.37. The minimum atomic E-state index is -0.675. The molecule has 1 aromatic rings. The summed E-state index contributed by atoms with van der Waals surface area (Å²) in [6.45, 7) is 6.64. The molecular formula is C16H26HgO2. The van der Waals surface area contributed by atoms with Gasteiger partial charge in [-0.25, -0.2) is 0 Å². The summed E-state index contributed by atoms with van der Waals surface area (Å²) in [5.74, 6) is -0.675. The van der Waals surface area contributed by atoms with Crippen LogP contribution in [-0.2, 0) is 32.5 Å². The van der Waals surface area contributed by atoms with Crippen LogP contribution in [0.1, 0.15) is 52.9 Å². The van der Waals surface area contributed by atoms with Crippen LogP contribution in [0.15, 0.2) is 36.4 Å². The van der Waals surface area contributed by atoms with Crippen molar-refractivity contribution in [3.63, 3.8) is 0 Å². The Hall–Kier alpha value is -0.375. The van der Waals surface area contributed by atoms with Crippen LogP contribution in [0.2, 0.25) is 0 Å². The average molecular weight is 451 g/mol. The Balaban J connectivity index is 0. The van der Waals surface area contributed by atoms with E-state index < -0.39 is 5.97 Å². The van der Waals surface area contributed by atoms with Gasteiger partial charge in [-0.15, -0.1) is 0 Å². The van der Waals surface area contributed by atoms with E-state index in [2.05, 4.69) is 20.8 Å². The van der Waals surface area contributed by atoms with Gasteiger partial charge in [-0.1, -0.05) is 70.0 Å². The van der Waals surface area contributed by atoms with Crippen molar-refractivity contribution >= 4 is 5.97 Å². The molecule has 1 aromatic carbocycles. The van der Waals surface area contributed by atoms with Gasteiger partial charge in [0, 0.05) is 34.1 Å². The van der Waals surface area contributed by atoms with E-state index in [1.807, 2.05) is 36.4 Å². The first-order chi connectivity index (χ1) is 8.42. The van der Waals surface area contributed by atoms with Crippen molar-refractivity contribution in [1.82, 2.24) is 0 Å². The molecule has 0 aliphatic rings. The average Bonchev–Trinajstić information content (AvgIpc) is 2.30. The van der Waals surface area contributed by atoms with Crippen LogP contribution in [0.25, 0.3) is 0 Å². The minimum absolute atomic E-state index is 0. The Morgan fingerprint density at radius 2 is 1.32 bits per heavy atom. The van der Waals surface area contributed by atoms with Gasteiger partial charge < -0.3 is 5.11 Å². The van der Waals surface area contributed by atoms with E-state index in [4.69, 9.17) is 5.11 Å². The second-order valence-corrected chi connectivity index (χ2v) is 5.67. The summed E-state index contributed by atoms with van der Waals surface area (Å²) in [7, 11) is 0. The number of benzene rings is 1. The van der Waals surface area contributed by atoms with E-state index >= 15 is 0 Å². The number of carboxylic acids is 1. The zero-order valence-electron chi connectivity index (χ0n) is 12.6. The molecule has 104 valence electrons. The monoisotopic (exact) mass is 452 g/mol. The maximum atomic E-state index is 10.2. The summed E-state index contributed by atoms with van der Waals surface area (Å²) in [4.78, 5) is 10.2. The molecule has 0 amide bonds. The maximum absolute atomic E-state index is 10.2. The second kappa shape index (κ2) is 12.6. The fraction of sp³-hybridized carbons (Fsp3) is 0.562. The molecule has 2 nitrogen and oxygen atoms in total. The molecule has 0 saturated carbocycles. The first-order valence-corrected chi connectivity index (χ1v) is 6.63. The van der Waals surface area contributed by atoms with Crippen LogP contribution in [0, 0.1) is 5.41 Å². The number of unbranched alkanes of at least 4 members (excludes halogenated alkanes) is 2. The van der Waals surface area contributed by atoms with E-state index in [-0.39, 0.29) is 27.7 Å². The standard InChI is InChI=1S/C10H20O2.C6H6.Hg/c1-10(2,3)8-6-4-5-7-9(11)12;1-2-4-6-5-3-1;/h4-8H2,1-3H3,(H,11,12);1-6H;. The van der Waals surface area contributed by atoms with Crippen molar-refractivity contribution in [2.24, 2.45) is 5.41 Å².